The van der Waals surface area contributed by atoms with Crippen LogP contribution in [-0.4, -0.2) is 78.0 Å². The number of guanidine groups is 1. The molecule has 0 radical (unpaired) electrons. The van der Waals surface area contributed by atoms with Crippen LogP contribution in [0.1, 0.15) is 31.4 Å². The van der Waals surface area contributed by atoms with Gasteiger partial charge in [0.1, 0.15) is 6.10 Å². The van der Waals surface area contributed by atoms with Gasteiger partial charge in [0.05, 0.1) is 19.3 Å². The van der Waals surface area contributed by atoms with Crippen LogP contribution in [0.5, 0.6) is 0 Å². The number of aromatic nitrogens is 2. The van der Waals surface area contributed by atoms with Crippen molar-refractivity contribution in [3.63, 3.8) is 0 Å². The largest absolute Gasteiger partial charge is 0.370 e. The molecule has 0 aliphatic carbocycles. The molecule has 0 aromatic carbocycles. The smallest absolute Gasteiger partial charge is 0.193 e. The van der Waals surface area contributed by atoms with Crippen molar-refractivity contribution < 1.29 is 4.74 Å². The third-order valence-electron chi connectivity index (χ3n) is 5.08. The molecule has 2 aliphatic rings. The lowest BCUT2D eigenvalue weighted by Gasteiger charge is -2.35. The summed E-state index contributed by atoms with van der Waals surface area (Å²) < 4.78 is 7.75. The van der Waals surface area contributed by atoms with Gasteiger partial charge in [-0.3, -0.25) is 14.6 Å². The van der Waals surface area contributed by atoms with Crippen LogP contribution in [0.25, 0.3) is 0 Å². The Kier molecular flexibility index (Phi) is 7.95. The number of likely N-dealkylation sites (N-methyl/N-ethyl adjacent to an activating group) is 1. The van der Waals surface area contributed by atoms with Crippen LogP contribution < -0.4 is 5.32 Å². The van der Waals surface area contributed by atoms with Crippen molar-refractivity contribution in [2.45, 2.75) is 31.9 Å². The van der Waals surface area contributed by atoms with Crippen LogP contribution in [0, 0.1) is 0 Å². The molecular formula is C17H31IN6O. The highest BCUT2D eigenvalue weighted by Crippen LogP contribution is 2.22. The van der Waals surface area contributed by atoms with E-state index in [1.165, 1.54) is 19.4 Å². The highest BCUT2D eigenvalue weighted by molar-refractivity contribution is 14.0. The molecule has 8 heteroatoms. The van der Waals surface area contributed by atoms with Gasteiger partial charge < -0.3 is 15.0 Å². The molecule has 142 valence electrons. The molecule has 2 atom stereocenters. The summed E-state index contributed by atoms with van der Waals surface area (Å²) >= 11 is 0. The molecule has 7 nitrogen and oxygen atoms in total. The van der Waals surface area contributed by atoms with Gasteiger partial charge in [-0.05, 0) is 25.9 Å². The van der Waals surface area contributed by atoms with Crippen molar-refractivity contribution in [1.29, 1.82) is 0 Å². The molecule has 0 saturated carbocycles. The number of morpholine rings is 1. The van der Waals surface area contributed by atoms with Crippen molar-refractivity contribution in [2.75, 3.05) is 46.4 Å². The fourth-order valence-corrected chi connectivity index (χ4v) is 3.73. The highest BCUT2D eigenvalue weighted by atomic mass is 127. The van der Waals surface area contributed by atoms with Gasteiger partial charge in [-0.15, -0.1) is 24.0 Å². The molecule has 25 heavy (non-hydrogen) atoms. The molecule has 1 aromatic heterocycles. The first-order valence-electron chi connectivity index (χ1n) is 9.01. The normalized spacial score (nSPS) is 25.1. The lowest BCUT2D eigenvalue weighted by Crippen LogP contribution is -2.50. The van der Waals surface area contributed by atoms with E-state index in [9.17, 15) is 0 Å². The van der Waals surface area contributed by atoms with E-state index in [1.54, 1.807) is 0 Å². The molecule has 0 amide bonds. The number of ether oxygens (including phenoxy) is 1. The lowest BCUT2D eigenvalue weighted by molar-refractivity contribution is -0.00810. The second-order valence-corrected chi connectivity index (χ2v) is 6.61. The monoisotopic (exact) mass is 462 g/mol. The molecule has 2 fully saturated rings. The highest BCUT2D eigenvalue weighted by Gasteiger charge is 2.27. The summed E-state index contributed by atoms with van der Waals surface area (Å²) in [7, 11) is 3.80. The zero-order chi connectivity index (χ0) is 16.9. The first-order chi connectivity index (χ1) is 11.7. The number of nitrogens with zero attached hydrogens (tertiary/aromatic N) is 5. The molecule has 0 spiro atoms. The number of hydrogen-bond donors (Lipinski definition) is 1. The van der Waals surface area contributed by atoms with Gasteiger partial charge in [-0.2, -0.15) is 5.10 Å². The first kappa shape index (κ1) is 20.4. The van der Waals surface area contributed by atoms with E-state index in [-0.39, 0.29) is 30.1 Å². The summed E-state index contributed by atoms with van der Waals surface area (Å²) in [5.74, 6) is 0.982. The SMILES string of the molecule is CCN1CCCC1CNC(=NC)N1CCOC(c2cnn(C)c2)C1.I. The molecule has 1 N–H and O–H groups in total. The van der Waals surface area contributed by atoms with Gasteiger partial charge >= 0.3 is 0 Å². The molecule has 2 aliphatic heterocycles. The minimum Gasteiger partial charge on any atom is -0.370 e. The number of rotatable bonds is 4. The predicted molar refractivity (Wildman–Crippen MR) is 111 cm³/mol. The van der Waals surface area contributed by atoms with Crippen molar-refractivity contribution in [1.82, 2.24) is 24.9 Å². The Morgan fingerprint density at radius 3 is 2.96 bits per heavy atom. The van der Waals surface area contributed by atoms with Crippen LogP contribution in [-0.2, 0) is 11.8 Å². The number of nitrogens with one attached hydrogen (secondary N) is 1. The van der Waals surface area contributed by atoms with Crippen molar-refractivity contribution in [3.8, 4) is 0 Å². The van der Waals surface area contributed by atoms with E-state index in [4.69, 9.17) is 4.74 Å². The topological polar surface area (TPSA) is 57.9 Å². The van der Waals surface area contributed by atoms with Crippen LogP contribution in [0.3, 0.4) is 0 Å². The maximum atomic E-state index is 5.93. The molecule has 3 heterocycles. The Labute approximate surface area is 167 Å². The molecule has 1 aromatic rings. The van der Waals surface area contributed by atoms with Crippen LogP contribution >= 0.6 is 24.0 Å². The van der Waals surface area contributed by atoms with E-state index in [0.29, 0.717) is 12.6 Å². The van der Waals surface area contributed by atoms with Gasteiger partial charge in [-0.25, -0.2) is 0 Å². The van der Waals surface area contributed by atoms with E-state index >= 15 is 0 Å². The molecular weight excluding hydrogens is 431 g/mol. The minimum absolute atomic E-state index is 0. The lowest BCUT2D eigenvalue weighted by atomic mass is 10.1. The van der Waals surface area contributed by atoms with Gasteiger partial charge in [0, 0.05) is 45.0 Å². The average Bonchev–Trinajstić information content (AvgIpc) is 3.24. The van der Waals surface area contributed by atoms with Gasteiger partial charge in [0.2, 0.25) is 0 Å². The number of hydrogen-bond acceptors (Lipinski definition) is 4. The summed E-state index contributed by atoms with van der Waals surface area (Å²) in [6, 6.07) is 0.627. The maximum Gasteiger partial charge on any atom is 0.193 e. The fourth-order valence-electron chi connectivity index (χ4n) is 3.73. The van der Waals surface area contributed by atoms with E-state index in [2.05, 4.69) is 32.1 Å². The average molecular weight is 462 g/mol. The molecule has 2 unspecified atom stereocenters. The Balaban J connectivity index is 0.00000225. The zero-order valence-electron chi connectivity index (χ0n) is 15.5. The Bertz CT molecular complexity index is 563. The number of likely N-dealkylation sites (tertiary alicyclic amines) is 1. The van der Waals surface area contributed by atoms with Crippen molar-refractivity contribution >= 4 is 29.9 Å². The van der Waals surface area contributed by atoms with Crippen molar-refractivity contribution in [2.24, 2.45) is 12.0 Å². The Morgan fingerprint density at radius 1 is 1.44 bits per heavy atom. The van der Waals surface area contributed by atoms with Crippen LogP contribution in [0.15, 0.2) is 17.4 Å². The minimum atomic E-state index is 0. The molecule has 2 saturated heterocycles. The summed E-state index contributed by atoms with van der Waals surface area (Å²) in [5.41, 5.74) is 1.13. The summed E-state index contributed by atoms with van der Waals surface area (Å²) in [5, 5.41) is 7.84. The number of aryl methyl sites for hydroxylation is 1. The Morgan fingerprint density at radius 2 is 2.28 bits per heavy atom. The molecule has 3 rings (SSSR count). The van der Waals surface area contributed by atoms with E-state index < -0.39 is 0 Å². The molecule has 0 bridgehead atoms. The summed E-state index contributed by atoms with van der Waals surface area (Å²) in [4.78, 5) is 9.35. The van der Waals surface area contributed by atoms with Crippen molar-refractivity contribution in [3.05, 3.63) is 18.0 Å². The van der Waals surface area contributed by atoms with Gasteiger partial charge in [-0.1, -0.05) is 6.92 Å². The zero-order valence-corrected chi connectivity index (χ0v) is 17.8. The van der Waals surface area contributed by atoms with E-state index in [1.807, 2.05) is 31.2 Å². The second kappa shape index (κ2) is 9.72. The standard InChI is InChI=1S/C17H30N6O.HI/c1-4-22-7-5-6-15(22)11-19-17(18-2)23-8-9-24-16(13-23)14-10-20-21(3)12-14;/h10,12,15-16H,4-9,11,13H2,1-3H3,(H,18,19);1H. The van der Waals surface area contributed by atoms with Crippen LogP contribution in [0.2, 0.25) is 0 Å². The fraction of sp³-hybridized carbons (Fsp3) is 0.765. The maximum absolute atomic E-state index is 5.93. The third-order valence-corrected chi connectivity index (χ3v) is 5.08. The quantitative estimate of drug-likeness (QED) is 0.418. The Hall–Kier alpha value is -0.870. The summed E-state index contributed by atoms with van der Waals surface area (Å²) in [6.45, 7) is 7.97. The first-order valence-corrected chi connectivity index (χ1v) is 9.01. The van der Waals surface area contributed by atoms with Gasteiger partial charge in [0.15, 0.2) is 5.96 Å². The van der Waals surface area contributed by atoms with Gasteiger partial charge in [0.25, 0.3) is 0 Å². The number of halogens is 1. The predicted octanol–water partition coefficient (Wildman–Crippen LogP) is 1.47. The number of aliphatic imine (C=N–C) groups is 1. The summed E-state index contributed by atoms with van der Waals surface area (Å²) in [6.07, 6.45) is 6.56. The second-order valence-electron chi connectivity index (χ2n) is 6.61. The van der Waals surface area contributed by atoms with E-state index in [0.717, 1.165) is 37.7 Å². The van der Waals surface area contributed by atoms with Crippen LogP contribution in [0.4, 0.5) is 0 Å². The third kappa shape index (κ3) is 5.07.